The summed E-state index contributed by atoms with van der Waals surface area (Å²) < 4.78 is 24.7. The Morgan fingerprint density at radius 1 is 1.50 bits per heavy atom. The molecule has 1 aromatic carbocycles. The van der Waals surface area contributed by atoms with Crippen molar-refractivity contribution in [2.45, 2.75) is 26.4 Å². The lowest BCUT2D eigenvalue weighted by atomic mass is 10.0. The van der Waals surface area contributed by atoms with Crippen LogP contribution in [0.2, 0.25) is 0 Å². The van der Waals surface area contributed by atoms with Gasteiger partial charge in [-0.15, -0.1) is 0 Å². The lowest BCUT2D eigenvalue weighted by Crippen LogP contribution is -2.30. The minimum atomic E-state index is -0.438. The molecule has 5 heteroatoms. The summed E-state index contributed by atoms with van der Waals surface area (Å²) in [4.78, 5) is 14.4. The lowest BCUT2D eigenvalue weighted by Gasteiger charge is -2.19. The van der Waals surface area contributed by atoms with E-state index in [1.807, 2.05) is 6.92 Å². The second-order valence-corrected chi connectivity index (χ2v) is 5.91. The van der Waals surface area contributed by atoms with Crippen molar-refractivity contribution in [1.82, 2.24) is 4.90 Å². The van der Waals surface area contributed by atoms with Crippen LogP contribution in [0.1, 0.15) is 29.5 Å². The van der Waals surface area contributed by atoms with Gasteiger partial charge in [0.1, 0.15) is 0 Å². The van der Waals surface area contributed by atoms with Crippen molar-refractivity contribution in [3.05, 3.63) is 35.3 Å². The van der Waals surface area contributed by atoms with Gasteiger partial charge in [0, 0.05) is 37.1 Å². The lowest BCUT2D eigenvalue weighted by molar-refractivity contribution is 0.0622. The molecule has 0 saturated carbocycles. The Morgan fingerprint density at radius 2 is 2.27 bits per heavy atom. The number of furan rings is 1. The molecule has 2 heterocycles. The van der Waals surface area contributed by atoms with Crippen LogP contribution in [-0.2, 0) is 4.74 Å². The monoisotopic (exact) mass is 305 g/mol. The predicted octanol–water partition coefficient (Wildman–Crippen LogP) is 3.38. The Morgan fingerprint density at radius 3 is 2.95 bits per heavy atom. The summed E-state index contributed by atoms with van der Waals surface area (Å²) in [6.45, 7) is 5.13. The van der Waals surface area contributed by atoms with Gasteiger partial charge in [-0.3, -0.25) is 4.79 Å². The molecule has 0 N–H and O–H groups in total. The molecule has 2 aromatic rings. The summed E-state index contributed by atoms with van der Waals surface area (Å²) in [5.41, 5.74) is 0.854. The topological polar surface area (TPSA) is 42.7 Å². The van der Waals surface area contributed by atoms with Crippen molar-refractivity contribution in [3.8, 4) is 0 Å². The van der Waals surface area contributed by atoms with Gasteiger partial charge in [0.25, 0.3) is 5.91 Å². The quantitative estimate of drug-likeness (QED) is 0.873. The Labute approximate surface area is 128 Å². The maximum absolute atomic E-state index is 13.8. The molecule has 2 atom stereocenters. The zero-order valence-corrected chi connectivity index (χ0v) is 13.1. The van der Waals surface area contributed by atoms with Gasteiger partial charge in [0.05, 0.1) is 6.10 Å². The number of amides is 1. The summed E-state index contributed by atoms with van der Waals surface area (Å²) >= 11 is 0. The van der Waals surface area contributed by atoms with Gasteiger partial charge in [0.15, 0.2) is 17.2 Å². The van der Waals surface area contributed by atoms with Crippen LogP contribution in [0.25, 0.3) is 11.0 Å². The molecule has 2 unspecified atom stereocenters. The number of benzene rings is 1. The van der Waals surface area contributed by atoms with E-state index in [9.17, 15) is 9.18 Å². The minimum Gasteiger partial charge on any atom is -0.448 e. The zero-order chi connectivity index (χ0) is 15.9. The highest BCUT2D eigenvalue weighted by Crippen LogP contribution is 2.30. The Hall–Kier alpha value is -1.88. The molecular weight excluding hydrogens is 285 g/mol. The zero-order valence-electron chi connectivity index (χ0n) is 13.1. The van der Waals surface area contributed by atoms with Gasteiger partial charge < -0.3 is 14.1 Å². The van der Waals surface area contributed by atoms with Gasteiger partial charge in [-0.1, -0.05) is 12.1 Å². The number of carbonyl (C=O) groups is 1. The molecule has 1 fully saturated rings. The van der Waals surface area contributed by atoms with E-state index in [0.29, 0.717) is 30.0 Å². The third-order valence-electron chi connectivity index (χ3n) is 4.66. The molecule has 22 heavy (non-hydrogen) atoms. The molecule has 118 valence electrons. The number of fused-ring (bicyclic) bond motifs is 1. The van der Waals surface area contributed by atoms with Crippen LogP contribution in [-0.4, -0.2) is 37.1 Å². The van der Waals surface area contributed by atoms with Crippen LogP contribution < -0.4 is 0 Å². The number of halogens is 1. The first-order valence-corrected chi connectivity index (χ1v) is 7.52. The van der Waals surface area contributed by atoms with Crippen molar-refractivity contribution >= 4 is 16.9 Å². The molecule has 4 nitrogen and oxygen atoms in total. The Kier molecular flexibility index (Phi) is 3.91. The van der Waals surface area contributed by atoms with E-state index in [0.717, 1.165) is 6.42 Å². The van der Waals surface area contributed by atoms with Crippen molar-refractivity contribution in [2.24, 2.45) is 5.92 Å². The summed E-state index contributed by atoms with van der Waals surface area (Å²) in [6.07, 6.45) is 1.03. The molecule has 1 aliphatic rings. The number of ether oxygens (including phenoxy) is 1. The molecule has 0 aliphatic carbocycles. The fraction of sp³-hybridized carbons (Fsp3) is 0.471. The van der Waals surface area contributed by atoms with Crippen molar-refractivity contribution in [2.75, 3.05) is 20.2 Å². The number of hydrogen-bond donors (Lipinski definition) is 0. The summed E-state index contributed by atoms with van der Waals surface area (Å²) in [7, 11) is 1.68. The van der Waals surface area contributed by atoms with Crippen LogP contribution in [0.3, 0.4) is 0 Å². The highest BCUT2D eigenvalue weighted by atomic mass is 19.1. The first-order valence-electron chi connectivity index (χ1n) is 7.52. The van der Waals surface area contributed by atoms with E-state index in [1.54, 1.807) is 31.1 Å². The van der Waals surface area contributed by atoms with Crippen LogP contribution in [0.5, 0.6) is 0 Å². The number of carbonyl (C=O) groups excluding carboxylic acids is 1. The average Bonchev–Trinajstić information content (AvgIpc) is 3.13. The third-order valence-corrected chi connectivity index (χ3v) is 4.66. The Bertz CT molecular complexity index is 709. The van der Waals surface area contributed by atoms with Gasteiger partial charge in [-0.25, -0.2) is 4.39 Å². The summed E-state index contributed by atoms with van der Waals surface area (Å²) in [5.74, 6) is -0.0351. The third kappa shape index (κ3) is 2.39. The van der Waals surface area contributed by atoms with Crippen LogP contribution in [0.15, 0.2) is 22.6 Å². The van der Waals surface area contributed by atoms with Crippen LogP contribution >= 0.6 is 0 Å². The smallest absolute Gasteiger partial charge is 0.289 e. The molecule has 1 amide bonds. The minimum absolute atomic E-state index is 0.118. The van der Waals surface area contributed by atoms with Gasteiger partial charge in [0.2, 0.25) is 0 Å². The Balaban J connectivity index is 1.87. The van der Waals surface area contributed by atoms with E-state index < -0.39 is 5.82 Å². The second-order valence-electron chi connectivity index (χ2n) is 5.91. The van der Waals surface area contributed by atoms with Crippen molar-refractivity contribution in [3.63, 3.8) is 0 Å². The first kappa shape index (κ1) is 15.0. The highest BCUT2D eigenvalue weighted by Gasteiger charge is 2.33. The molecule has 0 radical (unpaired) electrons. The molecule has 3 rings (SSSR count). The van der Waals surface area contributed by atoms with E-state index in [-0.39, 0.29) is 23.4 Å². The van der Waals surface area contributed by atoms with Crippen molar-refractivity contribution in [1.29, 1.82) is 0 Å². The predicted molar refractivity (Wildman–Crippen MR) is 81.4 cm³/mol. The highest BCUT2D eigenvalue weighted by molar-refractivity contribution is 5.99. The molecule has 1 saturated heterocycles. The van der Waals surface area contributed by atoms with Crippen LogP contribution in [0, 0.1) is 18.7 Å². The molecule has 1 aromatic heterocycles. The molecular formula is C17H20FNO3. The number of para-hydroxylation sites is 1. The summed E-state index contributed by atoms with van der Waals surface area (Å²) in [5, 5.41) is 0.657. The molecule has 1 aliphatic heterocycles. The fourth-order valence-corrected chi connectivity index (χ4v) is 3.10. The second kappa shape index (κ2) is 5.72. The van der Waals surface area contributed by atoms with E-state index in [2.05, 4.69) is 0 Å². The first-order chi connectivity index (χ1) is 10.5. The average molecular weight is 305 g/mol. The largest absolute Gasteiger partial charge is 0.448 e. The van der Waals surface area contributed by atoms with Crippen LogP contribution in [0.4, 0.5) is 4.39 Å². The summed E-state index contributed by atoms with van der Waals surface area (Å²) in [6, 6.07) is 4.74. The number of nitrogens with zero attached hydrogens (tertiary/aromatic N) is 1. The molecule has 0 bridgehead atoms. The van der Waals surface area contributed by atoms with E-state index in [1.165, 1.54) is 6.07 Å². The number of rotatable bonds is 3. The molecule has 0 spiro atoms. The standard InChI is InChI=1S/C17H20FNO3/c1-10-13-5-4-6-14(18)16(13)22-15(10)17(20)19-8-7-12(9-19)11(2)21-3/h4-6,11-12H,7-9H2,1-3H3. The number of aryl methyl sites for hydroxylation is 1. The maximum atomic E-state index is 13.8. The maximum Gasteiger partial charge on any atom is 0.289 e. The normalized spacial score (nSPS) is 19.8. The van der Waals surface area contributed by atoms with Gasteiger partial charge in [-0.05, 0) is 26.3 Å². The van der Waals surface area contributed by atoms with Gasteiger partial charge in [-0.2, -0.15) is 0 Å². The van der Waals surface area contributed by atoms with E-state index >= 15 is 0 Å². The number of hydrogen-bond acceptors (Lipinski definition) is 3. The van der Waals surface area contributed by atoms with E-state index in [4.69, 9.17) is 9.15 Å². The fourth-order valence-electron chi connectivity index (χ4n) is 3.10. The number of methoxy groups -OCH3 is 1. The van der Waals surface area contributed by atoms with Crippen molar-refractivity contribution < 1.29 is 18.3 Å². The number of likely N-dealkylation sites (tertiary alicyclic amines) is 1. The van der Waals surface area contributed by atoms with Gasteiger partial charge >= 0.3 is 0 Å². The SMILES string of the molecule is COC(C)C1CCN(C(=O)c2oc3c(F)cccc3c2C)C1.